The van der Waals surface area contributed by atoms with Crippen molar-refractivity contribution in [3.8, 4) is 0 Å². The number of hydrogen-bond acceptors (Lipinski definition) is 5. The van der Waals surface area contributed by atoms with E-state index in [0.717, 1.165) is 23.8 Å². The van der Waals surface area contributed by atoms with Gasteiger partial charge in [-0.3, -0.25) is 9.59 Å². The molecule has 0 aliphatic heterocycles. The standard InChI is InChI=1S/C23H25N5O2S/c1-27(2)22(30)18-9-6-10-19(13-18)24-20(29)15-31-23-26-25-21(17-11-12-17)28(23)14-16-7-4-3-5-8-16/h3-10,13,17H,11-12,14-15H2,1-2H3,(H,24,29). The molecule has 31 heavy (non-hydrogen) atoms. The van der Waals surface area contributed by atoms with Crippen molar-refractivity contribution in [2.24, 2.45) is 0 Å². The van der Waals surface area contributed by atoms with E-state index in [1.807, 2.05) is 18.2 Å². The van der Waals surface area contributed by atoms with Crippen molar-refractivity contribution >= 4 is 29.3 Å². The van der Waals surface area contributed by atoms with Crippen molar-refractivity contribution in [2.45, 2.75) is 30.5 Å². The van der Waals surface area contributed by atoms with Crippen LogP contribution in [0.1, 0.15) is 40.5 Å². The van der Waals surface area contributed by atoms with E-state index in [1.54, 1.807) is 38.4 Å². The van der Waals surface area contributed by atoms with Gasteiger partial charge in [0.2, 0.25) is 5.91 Å². The molecule has 1 aromatic heterocycles. The van der Waals surface area contributed by atoms with E-state index in [4.69, 9.17) is 0 Å². The van der Waals surface area contributed by atoms with Crippen molar-refractivity contribution in [3.05, 3.63) is 71.5 Å². The van der Waals surface area contributed by atoms with E-state index in [9.17, 15) is 9.59 Å². The quantitative estimate of drug-likeness (QED) is 0.547. The summed E-state index contributed by atoms with van der Waals surface area (Å²) in [6.07, 6.45) is 2.28. The average molecular weight is 436 g/mol. The second kappa shape index (κ2) is 9.34. The van der Waals surface area contributed by atoms with Crippen LogP contribution in [0.4, 0.5) is 5.69 Å². The molecule has 1 aliphatic carbocycles. The molecule has 0 atom stereocenters. The number of thioether (sulfide) groups is 1. The minimum atomic E-state index is -0.151. The third-order valence-electron chi connectivity index (χ3n) is 5.00. The first-order chi connectivity index (χ1) is 15.0. The van der Waals surface area contributed by atoms with Gasteiger partial charge >= 0.3 is 0 Å². The lowest BCUT2D eigenvalue weighted by Gasteiger charge is -2.12. The summed E-state index contributed by atoms with van der Waals surface area (Å²) >= 11 is 1.38. The summed E-state index contributed by atoms with van der Waals surface area (Å²) in [7, 11) is 3.40. The monoisotopic (exact) mass is 435 g/mol. The number of nitrogens with zero attached hydrogens (tertiary/aromatic N) is 4. The molecule has 4 rings (SSSR count). The zero-order valence-electron chi connectivity index (χ0n) is 17.6. The van der Waals surface area contributed by atoms with E-state index in [1.165, 1.54) is 22.2 Å². The highest BCUT2D eigenvalue weighted by Crippen LogP contribution is 2.40. The van der Waals surface area contributed by atoms with Crippen molar-refractivity contribution in [2.75, 3.05) is 25.2 Å². The first-order valence-corrected chi connectivity index (χ1v) is 11.2. The minimum Gasteiger partial charge on any atom is -0.345 e. The van der Waals surface area contributed by atoms with Crippen LogP contribution >= 0.6 is 11.8 Å². The van der Waals surface area contributed by atoms with Gasteiger partial charge in [0.15, 0.2) is 5.16 Å². The predicted molar refractivity (Wildman–Crippen MR) is 121 cm³/mol. The van der Waals surface area contributed by atoms with E-state index < -0.39 is 0 Å². The van der Waals surface area contributed by atoms with Gasteiger partial charge in [0.05, 0.1) is 12.3 Å². The molecule has 1 aliphatic rings. The fourth-order valence-corrected chi connectivity index (χ4v) is 4.03. The Morgan fingerprint density at radius 1 is 1.10 bits per heavy atom. The predicted octanol–water partition coefficient (Wildman–Crippen LogP) is 3.64. The lowest BCUT2D eigenvalue weighted by atomic mass is 10.2. The Kier molecular flexibility index (Phi) is 6.36. The molecule has 0 spiro atoms. The van der Waals surface area contributed by atoms with Gasteiger partial charge in [-0.1, -0.05) is 48.2 Å². The van der Waals surface area contributed by atoms with Crippen molar-refractivity contribution < 1.29 is 9.59 Å². The molecular formula is C23H25N5O2S. The van der Waals surface area contributed by atoms with E-state index in [-0.39, 0.29) is 17.6 Å². The maximum Gasteiger partial charge on any atom is 0.253 e. The van der Waals surface area contributed by atoms with Gasteiger partial charge in [0, 0.05) is 31.3 Å². The number of hydrogen-bond donors (Lipinski definition) is 1. The van der Waals surface area contributed by atoms with Crippen LogP contribution in [0.15, 0.2) is 59.8 Å². The minimum absolute atomic E-state index is 0.105. The molecule has 0 radical (unpaired) electrons. The Morgan fingerprint density at radius 3 is 2.58 bits per heavy atom. The molecule has 3 aromatic rings. The van der Waals surface area contributed by atoms with Crippen LogP contribution in [0.3, 0.4) is 0 Å². The van der Waals surface area contributed by atoms with Gasteiger partial charge in [-0.25, -0.2) is 0 Å². The lowest BCUT2D eigenvalue weighted by Crippen LogP contribution is -2.22. The number of aromatic nitrogens is 3. The number of carbonyl (C=O) groups excluding carboxylic acids is 2. The second-order valence-corrected chi connectivity index (χ2v) is 8.75. The number of rotatable bonds is 8. The fraction of sp³-hybridized carbons (Fsp3) is 0.304. The van der Waals surface area contributed by atoms with Gasteiger partial charge in [-0.05, 0) is 36.6 Å². The number of nitrogens with one attached hydrogen (secondary N) is 1. The van der Waals surface area contributed by atoms with Gasteiger partial charge in [0.1, 0.15) is 5.82 Å². The van der Waals surface area contributed by atoms with Crippen molar-refractivity contribution in [3.63, 3.8) is 0 Å². The molecule has 2 aromatic carbocycles. The summed E-state index contributed by atoms with van der Waals surface area (Å²) in [4.78, 5) is 26.2. The molecule has 1 saturated carbocycles. The van der Waals surface area contributed by atoms with Crippen LogP contribution in [0.25, 0.3) is 0 Å². The Hall–Kier alpha value is -3.13. The summed E-state index contributed by atoms with van der Waals surface area (Å²) in [5.74, 6) is 1.43. The molecule has 160 valence electrons. The van der Waals surface area contributed by atoms with Crippen LogP contribution in [-0.4, -0.2) is 51.3 Å². The molecule has 0 bridgehead atoms. The van der Waals surface area contributed by atoms with Gasteiger partial charge < -0.3 is 14.8 Å². The third-order valence-corrected chi connectivity index (χ3v) is 5.97. The van der Waals surface area contributed by atoms with Crippen LogP contribution in [0, 0.1) is 0 Å². The normalized spacial score (nSPS) is 13.1. The highest BCUT2D eigenvalue weighted by Gasteiger charge is 2.30. The summed E-state index contributed by atoms with van der Waals surface area (Å²) in [6.45, 7) is 0.693. The highest BCUT2D eigenvalue weighted by molar-refractivity contribution is 7.99. The molecule has 1 fully saturated rings. The van der Waals surface area contributed by atoms with Crippen LogP contribution in [0.2, 0.25) is 0 Å². The summed E-state index contributed by atoms with van der Waals surface area (Å²) in [5, 5.41) is 12.4. The van der Waals surface area contributed by atoms with Gasteiger partial charge in [-0.2, -0.15) is 0 Å². The first kappa shape index (κ1) is 21.1. The van der Waals surface area contributed by atoms with E-state index >= 15 is 0 Å². The van der Waals surface area contributed by atoms with Crippen LogP contribution in [0.5, 0.6) is 0 Å². The lowest BCUT2D eigenvalue weighted by molar-refractivity contribution is -0.113. The molecule has 7 nitrogen and oxygen atoms in total. The number of carbonyl (C=O) groups is 2. The molecule has 2 amide bonds. The number of benzene rings is 2. The number of amides is 2. The zero-order chi connectivity index (χ0) is 21.8. The first-order valence-electron chi connectivity index (χ1n) is 10.2. The van der Waals surface area contributed by atoms with Crippen LogP contribution in [-0.2, 0) is 11.3 Å². The van der Waals surface area contributed by atoms with Gasteiger partial charge in [0.25, 0.3) is 5.91 Å². The molecule has 0 unspecified atom stereocenters. The molecule has 8 heteroatoms. The SMILES string of the molecule is CN(C)C(=O)c1cccc(NC(=O)CSc2nnc(C3CC3)n2Cc2ccccc2)c1. The smallest absolute Gasteiger partial charge is 0.253 e. The topological polar surface area (TPSA) is 80.1 Å². The maximum absolute atomic E-state index is 12.5. The summed E-state index contributed by atoms with van der Waals surface area (Å²) in [5.41, 5.74) is 2.31. The Balaban J connectivity index is 1.42. The highest BCUT2D eigenvalue weighted by atomic mass is 32.2. The Morgan fingerprint density at radius 2 is 1.87 bits per heavy atom. The summed E-state index contributed by atoms with van der Waals surface area (Å²) < 4.78 is 2.13. The van der Waals surface area contributed by atoms with E-state index in [2.05, 4.69) is 32.2 Å². The fourth-order valence-electron chi connectivity index (χ4n) is 3.28. The molecule has 1 N–H and O–H groups in total. The summed E-state index contributed by atoms with van der Waals surface area (Å²) in [6, 6.07) is 17.2. The molecule has 1 heterocycles. The third kappa shape index (κ3) is 5.32. The van der Waals surface area contributed by atoms with Crippen molar-refractivity contribution in [1.29, 1.82) is 0 Å². The number of anilines is 1. The Labute approximate surface area is 185 Å². The van der Waals surface area contributed by atoms with E-state index in [0.29, 0.717) is 23.7 Å². The van der Waals surface area contributed by atoms with Crippen molar-refractivity contribution in [1.82, 2.24) is 19.7 Å². The second-order valence-electron chi connectivity index (χ2n) is 7.80. The Bertz CT molecular complexity index is 1080. The van der Waals surface area contributed by atoms with Gasteiger partial charge in [-0.15, -0.1) is 10.2 Å². The zero-order valence-corrected chi connectivity index (χ0v) is 18.4. The maximum atomic E-state index is 12.5. The van der Waals surface area contributed by atoms with Crippen LogP contribution < -0.4 is 5.32 Å². The largest absolute Gasteiger partial charge is 0.345 e. The average Bonchev–Trinajstić information content (AvgIpc) is 3.54. The molecule has 0 saturated heterocycles. The molecular weight excluding hydrogens is 410 g/mol.